The van der Waals surface area contributed by atoms with Gasteiger partial charge in [0.2, 0.25) is 0 Å². The lowest BCUT2D eigenvalue weighted by Gasteiger charge is -2.29. The zero-order valence-electron chi connectivity index (χ0n) is 14.6. The minimum absolute atomic E-state index is 0.0488. The minimum Gasteiger partial charge on any atom is -0.503 e. The number of rotatable bonds is 4. The van der Waals surface area contributed by atoms with E-state index in [1.165, 1.54) is 7.11 Å². The molecule has 8 heteroatoms. The summed E-state index contributed by atoms with van der Waals surface area (Å²) < 4.78 is 11.2. The number of allylic oxidation sites excluding steroid dienone is 1. The second-order valence-corrected chi connectivity index (χ2v) is 7.29. The fraction of sp³-hybridized carbons (Fsp3) is 0.444. The van der Waals surface area contributed by atoms with Crippen LogP contribution in [0, 0.1) is 0 Å². The lowest BCUT2D eigenvalue weighted by atomic mass is 9.95. The monoisotopic (exact) mass is 424 g/mol. The number of urea groups is 1. The van der Waals surface area contributed by atoms with E-state index in [9.17, 15) is 14.7 Å². The van der Waals surface area contributed by atoms with Gasteiger partial charge in [-0.05, 0) is 66.2 Å². The topological polar surface area (TPSA) is 96.9 Å². The Morgan fingerprint density at radius 3 is 2.65 bits per heavy atom. The fourth-order valence-corrected chi connectivity index (χ4v) is 3.81. The number of aromatic hydroxyl groups is 1. The van der Waals surface area contributed by atoms with Crippen LogP contribution in [0.4, 0.5) is 4.79 Å². The Bertz CT molecular complexity index is 771. The summed E-state index contributed by atoms with van der Waals surface area (Å²) in [5, 5.41) is 15.4. The molecular formula is C18H21BrN2O5. The first-order valence-electron chi connectivity index (χ1n) is 8.46. The van der Waals surface area contributed by atoms with Crippen molar-refractivity contribution in [2.75, 3.05) is 7.11 Å². The predicted molar refractivity (Wildman–Crippen MR) is 97.8 cm³/mol. The number of amides is 2. The fourth-order valence-electron chi connectivity index (χ4n) is 3.35. The van der Waals surface area contributed by atoms with Gasteiger partial charge in [-0.2, -0.15) is 0 Å². The lowest BCUT2D eigenvalue weighted by molar-refractivity contribution is -0.144. The first-order chi connectivity index (χ1) is 12.4. The number of carbonyl (C=O) groups is 2. The molecular weight excluding hydrogens is 404 g/mol. The molecule has 26 heavy (non-hydrogen) atoms. The van der Waals surface area contributed by atoms with E-state index in [4.69, 9.17) is 9.47 Å². The van der Waals surface area contributed by atoms with E-state index in [1.54, 1.807) is 19.1 Å². The largest absolute Gasteiger partial charge is 0.503 e. The highest BCUT2D eigenvalue weighted by Crippen LogP contribution is 2.39. The van der Waals surface area contributed by atoms with E-state index in [2.05, 4.69) is 26.6 Å². The Kier molecular flexibility index (Phi) is 5.41. The van der Waals surface area contributed by atoms with E-state index in [1.807, 2.05) is 0 Å². The maximum atomic E-state index is 12.8. The number of halogens is 1. The van der Waals surface area contributed by atoms with Crippen LogP contribution in [0.3, 0.4) is 0 Å². The molecule has 1 aromatic rings. The van der Waals surface area contributed by atoms with Crippen LogP contribution in [-0.2, 0) is 9.53 Å². The van der Waals surface area contributed by atoms with Crippen LogP contribution in [0.15, 0.2) is 27.9 Å². The van der Waals surface area contributed by atoms with Gasteiger partial charge in [0, 0.05) is 5.70 Å². The van der Waals surface area contributed by atoms with Gasteiger partial charge in [0.25, 0.3) is 0 Å². The van der Waals surface area contributed by atoms with Crippen LogP contribution in [0.2, 0.25) is 0 Å². The van der Waals surface area contributed by atoms with Crippen LogP contribution in [0.5, 0.6) is 11.5 Å². The molecule has 1 aliphatic carbocycles. The third-order valence-corrected chi connectivity index (χ3v) is 5.27. The van der Waals surface area contributed by atoms with Crippen molar-refractivity contribution < 1.29 is 24.2 Å². The number of benzene rings is 1. The van der Waals surface area contributed by atoms with Crippen molar-refractivity contribution in [3.8, 4) is 11.5 Å². The zero-order chi connectivity index (χ0) is 18.8. The van der Waals surface area contributed by atoms with E-state index in [0.717, 1.165) is 25.7 Å². The van der Waals surface area contributed by atoms with Crippen molar-refractivity contribution in [2.45, 2.75) is 44.8 Å². The zero-order valence-corrected chi connectivity index (χ0v) is 16.2. The van der Waals surface area contributed by atoms with Crippen molar-refractivity contribution in [1.29, 1.82) is 0 Å². The third kappa shape index (κ3) is 3.65. The average Bonchev–Trinajstić information content (AvgIpc) is 3.09. The van der Waals surface area contributed by atoms with Crippen molar-refractivity contribution in [3.05, 3.63) is 33.4 Å². The molecule has 0 bridgehead atoms. The molecule has 1 unspecified atom stereocenters. The molecule has 7 nitrogen and oxygen atoms in total. The minimum atomic E-state index is -0.705. The molecule has 3 rings (SSSR count). The molecule has 0 radical (unpaired) electrons. The van der Waals surface area contributed by atoms with Crippen LogP contribution >= 0.6 is 15.9 Å². The van der Waals surface area contributed by atoms with E-state index in [-0.39, 0.29) is 17.6 Å². The Morgan fingerprint density at radius 1 is 1.31 bits per heavy atom. The molecule has 0 aromatic heterocycles. The number of phenols is 1. The molecule has 140 valence electrons. The molecule has 1 atom stereocenters. The number of phenolic OH excluding ortho intramolecular Hbond substituents is 1. The number of carbonyl (C=O) groups excluding carboxylic acids is 2. The quantitative estimate of drug-likeness (QED) is 0.644. The summed E-state index contributed by atoms with van der Waals surface area (Å²) in [6.45, 7) is 1.67. The number of ether oxygens (including phenoxy) is 2. The molecule has 0 saturated heterocycles. The predicted octanol–water partition coefficient (Wildman–Crippen LogP) is 3.28. The molecule has 2 amide bonds. The summed E-state index contributed by atoms with van der Waals surface area (Å²) in [5.41, 5.74) is 1.39. The van der Waals surface area contributed by atoms with Crippen LogP contribution in [-0.4, -0.2) is 30.3 Å². The van der Waals surface area contributed by atoms with Crippen molar-refractivity contribution in [1.82, 2.24) is 10.6 Å². The van der Waals surface area contributed by atoms with Gasteiger partial charge in [-0.3, -0.25) is 0 Å². The second-order valence-electron chi connectivity index (χ2n) is 6.44. The number of esters is 1. The summed E-state index contributed by atoms with van der Waals surface area (Å²) in [6, 6.07) is 2.12. The highest BCUT2D eigenvalue weighted by Gasteiger charge is 2.34. The number of methoxy groups -OCH3 is 1. The number of hydrogen-bond donors (Lipinski definition) is 3. The standard InChI is InChI=1S/C18H21BrN2O5/c1-9-14(17(23)26-11-5-3-4-6-11)15(21-18(24)20-9)10-7-12(19)16(22)13(8-10)25-2/h7-8,11,15,22H,3-6H2,1-2H3,(H2,20,21,24). The van der Waals surface area contributed by atoms with Crippen LogP contribution in [0.25, 0.3) is 0 Å². The van der Waals surface area contributed by atoms with Gasteiger partial charge in [0.05, 0.1) is 23.2 Å². The number of nitrogens with one attached hydrogen (secondary N) is 2. The number of hydrogen-bond acceptors (Lipinski definition) is 5. The maximum absolute atomic E-state index is 12.8. The molecule has 2 aliphatic rings. The molecule has 0 spiro atoms. The Labute approximate surface area is 159 Å². The van der Waals surface area contributed by atoms with Gasteiger partial charge in [-0.15, -0.1) is 0 Å². The Morgan fingerprint density at radius 2 is 2.00 bits per heavy atom. The molecule has 3 N–H and O–H groups in total. The summed E-state index contributed by atoms with van der Waals surface area (Å²) in [5.74, 6) is -0.259. The first-order valence-corrected chi connectivity index (χ1v) is 9.25. The summed E-state index contributed by atoms with van der Waals surface area (Å²) in [6.07, 6.45) is 3.75. The summed E-state index contributed by atoms with van der Waals surface area (Å²) in [7, 11) is 1.43. The highest BCUT2D eigenvalue weighted by atomic mass is 79.9. The van der Waals surface area contributed by atoms with Gasteiger partial charge in [0.1, 0.15) is 6.10 Å². The van der Waals surface area contributed by atoms with Gasteiger partial charge in [-0.25, -0.2) is 9.59 Å². The third-order valence-electron chi connectivity index (χ3n) is 4.67. The van der Waals surface area contributed by atoms with E-state index >= 15 is 0 Å². The smallest absolute Gasteiger partial charge is 0.338 e. The van der Waals surface area contributed by atoms with Gasteiger partial charge in [-0.1, -0.05) is 0 Å². The van der Waals surface area contributed by atoms with Gasteiger partial charge < -0.3 is 25.2 Å². The van der Waals surface area contributed by atoms with Gasteiger partial charge in [0.15, 0.2) is 11.5 Å². The Balaban J connectivity index is 1.97. The first kappa shape index (κ1) is 18.6. The van der Waals surface area contributed by atoms with Crippen molar-refractivity contribution in [3.63, 3.8) is 0 Å². The van der Waals surface area contributed by atoms with Crippen molar-refractivity contribution in [2.24, 2.45) is 0 Å². The Hall–Kier alpha value is -2.22. The lowest BCUT2D eigenvalue weighted by Crippen LogP contribution is -2.45. The highest BCUT2D eigenvalue weighted by molar-refractivity contribution is 9.10. The second kappa shape index (κ2) is 7.57. The van der Waals surface area contributed by atoms with E-state index in [0.29, 0.717) is 21.3 Å². The maximum Gasteiger partial charge on any atom is 0.338 e. The summed E-state index contributed by atoms with van der Waals surface area (Å²) >= 11 is 3.27. The average molecular weight is 425 g/mol. The molecule has 1 fully saturated rings. The van der Waals surface area contributed by atoms with Crippen LogP contribution in [0.1, 0.15) is 44.2 Å². The van der Waals surface area contributed by atoms with Crippen LogP contribution < -0.4 is 15.4 Å². The normalized spacial score (nSPS) is 20.6. The molecule has 1 heterocycles. The SMILES string of the molecule is COc1cc(C2NC(=O)NC(C)=C2C(=O)OC2CCCC2)cc(Br)c1O. The van der Waals surface area contributed by atoms with Gasteiger partial charge >= 0.3 is 12.0 Å². The molecule has 1 aromatic carbocycles. The van der Waals surface area contributed by atoms with Crippen molar-refractivity contribution >= 4 is 27.9 Å². The molecule has 1 aliphatic heterocycles. The molecule has 1 saturated carbocycles. The summed E-state index contributed by atoms with van der Waals surface area (Å²) in [4.78, 5) is 24.8. The van der Waals surface area contributed by atoms with E-state index < -0.39 is 18.0 Å².